The first-order chi connectivity index (χ1) is 7.27. The van der Waals surface area contributed by atoms with Crippen molar-refractivity contribution in [3.8, 4) is 0 Å². The first-order valence-corrected chi connectivity index (χ1v) is 6.25. The van der Waals surface area contributed by atoms with Crippen LogP contribution in [0.25, 0.3) is 0 Å². The van der Waals surface area contributed by atoms with Gasteiger partial charge in [-0.3, -0.25) is 0 Å². The third kappa shape index (κ3) is 4.49. The van der Waals surface area contributed by atoms with E-state index in [4.69, 9.17) is 4.74 Å². The van der Waals surface area contributed by atoms with E-state index in [0.29, 0.717) is 12.1 Å². The van der Waals surface area contributed by atoms with Crippen molar-refractivity contribution >= 4 is 0 Å². The van der Waals surface area contributed by atoms with Gasteiger partial charge in [-0.1, -0.05) is 6.92 Å². The molecular weight excluding hydrogens is 188 g/mol. The minimum atomic E-state index is 0.502. The molecule has 1 fully saturated rings. The SMILES string of the molecule is CCNCCC(C)N1CCC(OC)CC1. The first-order valence-electron chi connectivity index (χ1n) is 6.25. The van der Waals surface area contributed by atoms with Gasteiger partial charge in [0.25, 0.3) is 0 Å². The lowest BCUT2D eigenvalue weighted by atomic mass is 10.0. The van der Waals surface area contributed by atoms with Crippen LogP contribution in [-0.4, -0.2) is 50.3 Å². The van der Waals surface area contributed by atoms with E-state index in [1.54, 1.807) is 0 Å². The van der Waals surface area contributed by atoms with Crippen LogP contribution < -0.4 is 5.32 Å². The maximum Gasteiger partial charge on any atom is 0.0595 e. The topological polar surface area (TPSA) is 24.5 Å². The Bertz CT molecular complexity index is 156. The molecule has 3 heteroatoms. The fraction of sp³-hybridized carbons (Fsp3) is 1.00. The minimum absolute atomic E-state index is 0.502. The predicted molar refractivity (Wildman–Crippen MR) is 64.2 cm³/mol. The lowest BCUT2D eigenvalue weighted by Gasteiger charge is -2.35. The molecule has 15 heavy (non-hydrogen) atoms. The summed E-state index contributed by atoms with van der Waals surface area (Å²) < 4.78 is 5.38. The Morgan fingerprint density at radius 1 is 1.40 bits per heavy atom. The maximum absolute atomic E-state index is 5.38. The second kappa shape index (κ2) is 7.20. The van der Waals surface area contributed by atoms with E-state index >= 15 is 0 Å². The van der Waals surface area contributed by atoms with E-state index in [2.05, 4.69) is 24.1 Å². The number of likely N-dealkylation sites (tertiary alicyclic amines) is 1. The van der Waals surface area contributed by atoms with Crippen LogP contribution in [0, 0.1) is 0 Å². The number of hydrogen-bond donors (Lipinski definition) is 1. The molecule has 0 amide bonds. The molecule has 90 valence electrons. The van der Waals surface area contributed by atoms with Crippen molar-refractivity contribution in [3.05, 3.63) is 0 Å². The summed E-state index contributed by atoms with van der Waals surface area (Å²) in [5, 5.41) is 3.39. The third-order valence-corrected chi connectivity index (χ3v) is 3.42. The summed E-state index contributed by atoms with van der Waals surface area (Å²) in [4.78, 5) is 2.59. The van der Waals surface area contributed by atoms with Crippen molar-refractivity contribution in [3.63, 3.8) is 0 Å². The van der Waals surface area contributed by atoms with Crippen LogP contribution >= 0.6 is 0 Å². The van der Waals surface area contributed by atoms with Crippen LogP contribution in [0.1, 0.15) is 33.1 Å². The highest BCUT2D eigenvalue weighted by Crippen LogP contribution is 2.16. The van der Waals surface area contributed by atoms with Gasteiger partial charge < -0.3 is 15.0 Å². The highest BCUT2D eigenvalue weighted by atomic mass is 16.5. The van der Waals surface area contributed by atoms with Crippen molar-refractivity contribution in [1.82, 2.24) is 10.2 Å². The predicted octanol–water partition coefficient (Wildman–Crippen LogP) is 1.49. The second-order valence-corrected chi connectivity index (χ2v) is 4.46. The fourth-order valence-corrected chi connectivity index (χ4v) is 2.22. The van der Waals surface area contributed by atoms with Crippen molar-refractivity contribution < 1.29 is 4.74 Å². The quantitative estimate of drug-likeness (QED) is 0.678. The van der Waals surface area contributed by atoms with Gasteiger partial charge in [0.15, 0.2) is 0 Å². The largest absolute Gasteiger partial charge is 0.381 e. The van der Waals surface area contributed by atoms with Crippen molar-refractivity contribution in [2.24, 2.45) is 0 Å². The molecule has 1 saturated heterocycles. The van der Waals surface area contributed by atoms with E-state index in [1.165, 1.54) is 32.4 Å². The highest BCUT2D eigenvalue weighted by molar-refractivity contribution is 4.76. The molecule has 1 atom stereocenters. The summed E-state index contributed by atoms with van der Waals surface area (Å²) in [6.07, 6.45) is 4.15. The molecule has 1 rings (SSSR count). The van der Waals surface area contributed by atoms with Crippen LogP contribution in [0.5, 0.6) is 0 Å². The van der Waals surface area contributed by atoms with E-state index in [9.17, 15) is 0 Å². The van der Waals surface area contributed by atoms with Gasteiger partial charge in [0.05, 0.1) is 6.10 Å². The molecule has 0 aromatic carbocycles. The molecule has 0 radical (unpaired) electrons. The summed E-state index contributed by atoms with van der Waals surface area (Å²) in [7, 11) is 1.83. The zero-order valence-electron chi connectivity index (χ0n) is 10.5. The van der Waals surface area contributed by atoms with Gasteiger partial charge in [-0.15, -0.1) is 0 Å². The molecule has 1 heterocycles. The lowest BCUT2D eigenvalue weighted by molar-refractivity contribution is 0.0286. The normalized spacial score (nSPS) is 21.8. The highest BCUT2D eigenvalue weighted by Gasteiger charge is 2.21. The molecule has 0 aromatic heterocycles. The van der Waals surface area contributed by atoms with E-state index < -0.39 is 0 Å². The van der Waals surface area contributed by atoms with Crippen LogP contribution in [0.3, 0.4) is 0 Å². The Labute approximate surface area is 94.2 Å². The summed E-state index contributed by atoms with van der Waals surface area (Å²) >= 11 is 0. The Kier molecular flexibility index (Phi) is 6.22. The summed E-state index contributed by atoms with van der Waals surface area (Å²) in [6.45, 7) is 9.12. The van der Waals surface area contributed by atoms with Gasteiger partial charge in [-0.25, -0.2) is 0 Å². The zero-order valence-corrected chi connectivity index (χ0v) is 10.5. The lowest BCUT2D eigenvalue weighted by Crippen LogP contribution is -2.42. The Morgan fingerprint density at radius 3 is 2.60 bits per heavy atom. The van der Waals surface area contributed by atoms with Crippen LogP contribution in [0.4, 0.5) is 0 Å². The molecule has 0 spiro atoms. The monoisotopic (exact) mass is 214 g/mol. The first kappa shape index (κ1) is 12.9. The minimum Gasteiger partial charge on any atom is -0.381 e. The molecule has 1 N–H and O–H groups in total. The van der Waals surface area contributed by atoms with Gasteiger partial charge in [0.2, 0.25) is 0 Å². The Hall–Kier alpha value is -0.120. The van der Waals surface area contributed by atoms with Crippen molar-refractivity contribution in [1.29, 1.82) is 0 Å². The third-order valence-electron chi connectivity index (χ3n) is 3.42. The molecule has 0 aromatic rings. The average molecular weight is 214 g/mol. The molecule has 1 aliphatic heterocycles. The summed E-state index contributed by atoms with van der Waals surface area (Å²) in [5.41, 5.74) is 0. The standard InChI is InChI=1S/C12H26N2O/c1-4-13-8-5-11(2)14-9-6-12(15-3)7-10-14/h11-13H,4-10H2,1-3H3. The smallest absolute Gasteiger partial charge is 0.0595 e. The number of hydrogen-bond acceptors (Lipinski definition) is 3. The molecule has 1 aliphatic rings. The molecule has 0 saturated carbocycles. The van der Waals surface area contributed by atoms with E-state index in [-0.39, 0.29) is 0 Å². The Balaban J connectivity index is 2.15. The molecular formula is C12H26N2O. The van der Waals surface area contributed by atoms with Gasteiger partial charge in [-0.2, -0.15) is 0 Å². The van der Waals surface area contributed by atoms with E-state index in [1.807, 2.05) is 7.11 Å². The molecule has 1 unspecified atom stereocenters. The number of nitrogens with one attached hydrogen (secondary N) is 1. The van der Waals surface area contributed by atoms with Gasteiger partial charge >= 0.3 is 0 Å². The fourth-order valence-electron chi connectivity index (χ4n) is 2.22. The van der Waals surface area contributed by atoms with Gasteiger partial charge in [-0.05, 0) is 39.3 Å². The number of nitrogens with zero attached hydrogens (tertiary/aromatic N) is 1. The molecule has 0 aliphatic carbocycles. The second-order valence-electron chi connectivity index (χ2n) is 4.46. The number of rotatable bonds is 6. The average Bonchev–Trinajstić information content (AvgIpc) is 2.29. The number of methoxy groups -OCH3 is 1. The Morgan fingerprint density at radius 2 is 2.07 bits per heavy atom. The summed E-state index contributed by atoms with van der Waals surface area (Å²) in [6, 6.07) is 0.710. The molecule has 0 bridgehead atoms. The van der Waals surface area contributed by atoms with Gasteiger partial charge in [0.1, 0.15) is 0 Å². The van der Waals surface area contributed by atoms with Crippen LogP contribution in [0.15, 0.2) is 0 Å². The zero-order chi connectivity index (χ0) is 11.1. The number of piperidine rings is 1. The van der Waals surface area contributed by atoms with Crippen molar-refractivity contribution in [2.75, 3.05) is 33.3 Å². The van der Waals surface area contributed by atoms with Crippen LogP contribution in [-0.2, 0) is 4.74 Å². The number of ether oxygens (including phenoxy) is 1. The van der Waals surface area contributed by atoms with Crippen LogP contribution in [0.2, 0.25) is 0 Å². The maximum atomic E-state index is 5.38. The van der Waals surface area contributed by atoms with Crippen molar-refractivity contribution in [2.45, 2.75) is 45.3 Å². The van der Waals surface area contributed by atoms with Gasteiger partial charge in [0, 0.05) is 26.2 Å². The molecule has 3 nitrogen and oxygen atoms in total. The van der Waals surface area contributed by atoms with E-state index in [0.717, 1.165) is 13.1 Å². The summed E-state index contributed by atoms with van der Waals surface area (Å²) in [5.74, 6) is 0.